The van der Waals surface area contributed by atoms with Gasteiger partial charge >= 0.3 is 0 Å². The average Bonchev–Trinajstić information content (AvgIpc) is 3.52. The van der Waals surface area contributed by atoms with Crippen LogP contribution in [0.25, 0.3) is 0 Å². The summed E-state index contributed by atoms with van der Waals surface area (Å²) >= 11 is 0. The van der Waals surface area contributed by atoms with Gasteiger partial charge in [0.1, 0.15) is 0 Å². The molecule has 4 heteroatoms. The molecule has 1 aromatic carbocycles. The lowest BCUT2D eigenvalue weighted by Gasteiger charge is -2.48. The predicted octanol–water partition coefficient (Wildman–Crippen LogP) is 3.60. The van der Waals surface area contributed by atoms with Gasteiger partial charge in [0.25, 0.3) is 0 Å². The van der Waals surface area contributed by atoms with Crippen LogP contribution < -0.4 is 0 Å². The van der Waals surface area contributed by atoms with Crippen molar-refractivity contribution in [2.24, 2.45) is 0 Å². The van der Waals surface area contributed by atoms with Crippen LogP contribution in [0.15, 0.2) is 30.3 Å². The maximum absolute atomic E-state index is 12.0. The van der Waals surface area contributed by atoms with Crippen LogP contribution in [-0.4, -0.2) is 53.1 Å². The molecule has 1 saturated carbocycles. The predicted molar refractivity (Wildman–Crippen MR) is 103 cm³/mol. The van der Waals surface area contributed by atoms with E-state index in [1.54, 1.807) is 0 Å². The minimum atomic E-state index is -0.00271. The molecule has 2 aliphatic heterocycles. The van der Waals surface area contributed by atoms with E-state index in [1.807, 2.05) is 11.8 Å². The number of benzene rings is 1. The minimum Gasteiger partial charge on any atom is -0.375 e. The van der Waals surface area contributed by atoms with Crippen molar-refractivity contribution in [1.82, 2.24) is 9.80 Å². The Bertz CT molecular complexity index is 606. The normalized spacial score (nSPS) is 25.6. The van der Waals surface area contributed by atoms with Crippen LogP contribution >= 0.6 is 0 Å². The van der Waals surface area contributed by atoms with E-state index < -0.39 is 0 Å². The quantitative estimate of drug-likeness (QED) is 0.808. The Hall–Kier alpha value is -1.39. The van der Waals surface area contributed by atoms with Gasteiger partial charge in [0, 0.05) is 44.7 Å². The van der Waals surface area contributed by atoms with E-state index in [0.717, 1.165) is 58.0 Å². The van der Waals surface area contributed by atoms with Gasteiger partial charge in [0.2, 0.25) is 5.91 Å². The second kappa shape index (κ2) is 7.69. The van der Waals surface area contributed by atoms with Gasteiger partial charge in [0.15, 0.2) is 0 Å². The molecule has 1 spiro atoms. The summed E-state index contributed by atoms with van der Waals surface area (Å²) in [5, 5.41) is 0. The zero-order valence-corrected chi connectivity index (χ0v) is 16.0. The topological polar surface area (TPSA) is 32.8 Å². The molecule has 0 bridgehead atoms. The summed E-state index contributed by atoms with van der Waals surface area (Å²) in [7, 11) is 0. The fourth-order valence-electron chi connectivity index (χ4n) is 4.78. The smallest absolute Gasteiger partial charge is 0.222 e. The van der Waals surface area contributed by atoms with Gasteiger partial charge in [-0.25, -0.2) is 0 Å². The zero-order chi connectivity index (χ0) is 18.0. The van der Waals surface area contributed by atoms with E-state index in [2.05, 4.69) is 35.2 Å². The summed E-state index contributed by atoms with van der Waals surface area (Å²) in [6.45, 7) is 5.61. The molecular formula is C22H32N2O2. The number of piperidine rings is 1. The first-order valence-corrected chi connectivity index (χ1v) is 10.4. The molecule has 2 heterocycles. The Morgan fingerprint density at radius 2 is 1.88 bits per heavy atom. The van der Waals surface area contributed by atoms with Crippen molar-refractivity contribution in [2.75, 3.05) is 19.7 Å². The van der Waals surface area contributed by atoms with Gasteiger partial charge in [-0.3, -0.25) is 9.69 Å². The third-order valence-corrected chi connectivity index (χ3v) is 6.49. The molecule has 26 heavy (non-hydrogen) atoms. The van der Waals surface area contributed by atoms with Crippen molar-refractivity contribution in [1.29, 1.82) is 0 Å². The molecule has 1 atom stereocenters. The van der Waals surface area contributed by atoms with E-state index in [4.69, 9.17) is 4.74 Å². The van der Waals surface area contributed by atoms with Crippen molar-refractivity contribution in [3.05, 3.63) is 35.9 Å². The van der Waals surface area contributed by atoms with E-state index >= 15 is 0 Å². The van der Waals surface area contributed by atoms with Gasteiger partial charge < -0.3 is 9.64 Å². The Balaban J connectivity index is 1.41. The van der Waals surface area contributed by atoms with Crippen LogP contribution in [0.5, 0.6) is 0 Å². The van der Waals surface area contributed by atoms with Crippen molar-refractivity contribution in [2.45, 2.75) is 76.1 Å². The SMILES string of the molecule is CCC(=O)N1CCC2(CC1)C[C@@H](N(Cc1ccccc1)C1CC1)CCO2. The molecule has 1 amide bonds. The molecule has 4 rings (SSSR count). The van der Waals surface area contributed by atoms with Gasteiger partial charge in [-0.15, -0.1) is 0 Å². The molecule has 0 N–H and O–H groups in total. The molecule has 0 aromatic heterocycles. The first-order chi connectivity index (χ1) is 12.7. The highest BCUT2D eigenvalue weighted by Crippen LogP contribution is 2.40. The van der Waals surface area contributed by atoms with Crippen LogP contribution in [0, 0.1) is 0 Å². The number of carbonyl (C=O) groups is 1. The second-order valence-electron chi connectivity index (χ2n) is 8.30. The zero-order valence-electron chi connectivity index (χ0n) is 16.0. The molecule has 0 unspecified atom stereocenters. The van der Waals surface area contributed by atoms with Crippen LogP contribution in [0.1, 0.15) is 57.4 Å². The van der Waals surface area contributed by atoms with Gasteiger partial charge in [-0.1, -0.05) is 37.3 Å². The summed E-state index contributed by atoms with van der Waals surface area (Å²) in [6, 6.07) is 12.3. The highest BCUT2D eigenvalue weighted by molar-refractivity contribution is 5.75. The maximum atomic E-state index is 12.0. The summed E-state index contributed by atoms with van der Waals surface area (Å²) in [4.78, 5) is 16.8. The fourth-order valence-corrected chi connectivity index (χ4v) is 4.78. The summed E-state index contributed by atoms with van der Waals surface area (Å²) < 4.78 is 6.33. The lowest BCUT2D eigenvalue weighted by atomic mass is 9.81. The lowest BCUT2D eigenvalue weighted by molar-refractivity contribution is -0.149. The van der Waals surface area contributed by atoms with E-state index in [0.29, 0.717) is 12.5 Å². The number of nitrogens with zero attached hydrogens (tertiary/aromatic N) is 2. The fraction of sp³-hybridized carbons (Fsp3) is 0.682. The molecule has 4 nitrogen and oxygen atoms in total. The van der Waals surface area contributed by atoms with Gasteiger partial charge in [0.05, 0.1) is 5.60 Å². The molecule has 1 aliphatic carbocycles. The highest BCUT2D eigenvalue weighted by atomic mass is 16.5. The van der Waals surface area contributed by atoms with E-state index in [1.165, 1.54) is 18.4 Å². The van der Waals surface area contributed by atoms with Crippen molar-refractivity contribution >= 4 is 5.91 Å². The third kappa shape index (κ3) is 3.96. The summed E-state index contributed by atoms with van der Waals surface area (Å²) in [5.41, 5.74) is 1.42. The van der Waals surface area contributed by atoms with Gasteiger partial charge in [-0.05, 0) is 44.1 Å². The van der Waals surface area contributed by atoms with Crippen LogP contribution in [0.4, 0.5) is 0 Å². The van der Waals surface area contributed by atoms with Gasteiger partial charge in [-0.2, -0.15) is 0 Å². The summed E-state index contributed by atoms with van der Waals surface area (Å²) in [6.07, 6.45) is 7.57. The minimum absolute atomic E-state index is 0.00271. The number of rotatable bonds is 5. The molecule has 2 saturated heterocycles. The molecule has 3 aliphatic rings. The Labute approximate surface area is 157 Å². The average molecular weight is 357 g/mol. The van der Waals surface area contributed by atoms with Crippen molar-refractivity contribution < 1.29 is 9.53 Å². The van der Waals surface area contributed by atoms with Crippen molar-refractivity contribution in [3.8, 4) is 0 Å². The number of hydrogen-bond donors (Lipinski definition) is 0. The molecule has 1 aromatic rings. The number of likely N-dealkylation sites (tertiary alicyclic amines) is 1. The second-order valence-corrected chi connectivity index (χ2v) is 8.30. The Morgan fingerprint density at radius 1 is 1.15 bits per heavy atom. The largest absolute Gasteiger partial charge is 0.375 e. The Morgan fingerprint density at radius 3 is 2.54 bits per heavy atom. The van der Waals surface area contributed by atoms with E-state index in [9.17, 15) is 4.79 Å². The number of hydrogen-bond acceptors (Lipinski definition) is 3. The highest BCUT2D eigenvalue weighted by Gasteiger charge is 2.44. The lowest BCUT2D eigenvalue weighted by Crippen LogP contribution is -2.54. The van der Waals surface area contributed by atoms with Crippen molar-refractivity contribution in [3.63, 3.8) is 0 Å². The van der Waals surface area contributed by atoms with Crippen LogP contribution in [0.3, 0.4) is 0 Å². The number of ether oxygens (including phenoxy) is 1. The molecular weight excluding hydrogens is 324 g/mol. The molecule has 0 radical (unpaired) electrons. The summed E-state index contributed by atoms with van der Waals surface area (Å²) in [5.74, 6) is 0.288. The Kier molecular flexibility index (Phi) is 5.32. The van der Waals surface area contributed by atoms with Crippen LogP contribution in [-0.2, 0) is 16.1 Å². The van der Waals surface area contributed by atoms with Crippen LogP contribution in [0.2, 0.25) is 0 Å². The number of amides is 1. The number of carbonyl (C=O) groups excluding carboxylic acids is 1. The third-order valence-electron chi connectivity index (χ3n) is 6.49. The molecule has 142 valence electrons. The maximum Gasteiger partial charge on any atom is 0.222 e. The van der Waals surface area contributed by atoms with E-state index in [-0.39, 0.29) is 11.5 Å². The monoisotopic (exact) mass is 356 g/mol. The standard InChI is InChI=1S/C22H32N2O2/c1-2-21(25)23-13-11-22(12-14-23)16-20(10-15-26-22)24(19-8-9-19)17-18-6-4-3-5-7-18/h3-7,19-20H,2,8-17H2,1H3/t20-/m0/s1. The first-order valence-electron chi connectivity index (χ1n) is 10.4. The molecule has 3 fully saturated rings. The first kappa shape index (κ1) is 18.0.